The fraction of sp³-hybridized carbons (Fsp3) is 0.333. The molecule has 1 aliphatic heterocycles. The normalized spacial score (nSPS) is 15.9. The SMILES string of the molecule is CC1CCN(C(=O)C(C)Nc2ccc(Oc3cccc4cccnc34)cc2)CC1. The number of hydrogen-bond donors (Lipinski definition) is 1. The van der Waals surface area contributed by atoms with Gasteiger partial charge in [-0.15, -0.1) is 0 Å². The fourth-order valence-corrected chi connectivity index (χ4v) is 3.72. The van der Waals surface area contributed by atoms with E-state index in [1.54, 1.807) is 6.20 Å². The number of nitrogens with zero attached hydrogens (tertiary/aromatic N) is 2. The predicted molar refractivity (Wildman–Crippen MR) is 116 cm³/mol. The van der Waals surface area contributed by atoms with Crippen molar-refractivity contribution in [1.29, 1.82) is 0 Å². The van der Waals surface area contributed by atoms with E-state index in [2.05, 4.69) is 17.2 Å². The van der Waals surface area contributed by atoms with Crippen LogP contribution in [0.4, 0.5) is 5.69 Å². The van der Waals surface area contributed by atoms with Gasteiger partial charge >= 0.3 is 0 Å². The number of nitrogens with one attached hydrogen (secondary N) is 1. The molecule has 4 rings (SSSR count). The fourth-order valence-electron chi connectivity index (χ4n) is 3.72. The first-order valence-corrected chi connectivity index (χ1v) is 10.3. The number of rotatable bonds is 5. The van der Waals surface area contributed by atoms with Crippen molar-refractivity contribution in [3.05, 3.63) is 60.8 Å². The molecular formula is C24H27N3O2. The molecule has 1 saturated heterocycles. The van der Waals surface area contributed by atoms with Crippen LogP contribution in [0.5, 0.6) is 11.5 Å². The van der Waals surface area contributed by atoms with Crippen molar-refractivity contribution in [2.45, 2.75) is 32.7 Å². The Hall–Kier alpha value is -3.08. The molecule has 5 nitrogen and oxygen atoms in total. The van der Waals surface area contributed by atoms with E-state index in [9.17, 15) is 4.79 Å². The lowest BCUT2D eigenvalue weighted by molar-refractivity contribution is -0.132. The van der Waals surface area contributed by atoms with Crippen LogP contribution in [0.15, 0.2) is 60.8 Å². The number of piperidine rings is 1. The van der Waals surface area contributed by atoms with Crippen molar-refractivity contribution >= 4 is 22.5 Å². The van der Waals surface area contributed by atoms with E-state index in [1.165, 1.54) is 0 Å². The smallest absolute Gasteiger partial charge is 0.244 e. The van der Waals surface area contributed by atoms with Crippen molar-refractivity contribution in [2.24, 2.45) is 5.92 Å². The third kappa shape index (κ3) is 4.50. The van der Waals surface area contributed by atoms with Crippen molar-refractivity contribution in [3.8, 4) is 11.5 Å². The average molecular weight is 389 g/mol. The second-order valence-corrected chi connectivity index (χ2v) is 7.83. The molecule has 2 heterocycles. The number of carbonyl (C=O) groups is 1. The van der Waals surface area contributed by atoms with E-state index in [4.69, 9.17) is 4.74 Å². The highest BCUT2D eigenvalue weighted by Gasteiger charge is 2.24. The number of fused-ring (bicyclic) bond motifs is 1. The third-order valence-corrected chi connectivity index (χ3v) is 5.53. The Balaban J connectivity index is 1.39. The topological polar surface area (TPSA) is 54.5 Å². The maximum absolute atomic E-state index is 12.7. The summed E-state index contributed by atoms with van der Waals surface area (Å²) in [7, 11) is 0. The van der Waals surface area contributed by atoms with Gasteiger partial charge in [-0.05, 0) is 62.1 Å². The van der Waals surface area contributed by atoms with Crippen LogP contribution < -0.4 is 10.1 Å². The maximum Gasteiger partial charge on any atom is 0.244 e. The summed E-state index contributed by atoms with van der Waals surface area (Å²) in [6.07, 6.45) is 3.95. The molecule has 1 N–H and O–H groups in total. The zero-order valence-corrected chi connectivity index (χ0v) is 17.0. The summed E-state index contributed by atoms with van der Waals surface area (Å²) in [5, 5.41) is 4.36. The Bertz CT molecular complexity index is 974. The van der Waals surface area contributed by atoms with Gasteiger partial charge in [0.15, 0.2) is 5.75 Å². The molecule has 0 saturated carbocycles. The molecule has 1 aliphatic rings. The first-order valence-electron chi connectivity index (χ1n) is 10.3. The number of pyridine rings is 1. The zero-order chi connectivity index (χ0) is 20.2. The molecule has 0 aliphatic carbocycles. The van der Waals surface area contributed by atoms with Crippen LogP contribution in [0.3, 0.4) is 0 Å². The molecule has 1 amide bonds. The second-order valence-electron chi connectivity index (χ2n) is 7.83. The Morgan fingerprint density at radius 2 is 1.83 bits per heavy atom. The number of hydrogen-bond acceptors (Lipinski definition) is 4. The summed E-state index contributed by atoms with van der Waals surface area (Å²) in [4.78, 5) is 19.1. The van der Waals surface area contributed by atoms with Gasteiger partial charge in [-0.3, -0.25) is 9.78 Å². The van der Waals surface area contributed by atoms with Gasteiger partial charge in [0.2, 0.25) is 5.91 Å². The van der Waals surface area contributed by atoms with Crippen LogP contribution in [0.25, 0.3) is 10.9 Å². The van der Waals surface area contributed by atoms with Crippen LogP contribution in [-0.2, 0) is 4.79 Å². The highest BCUT2D eigenvalue weighted by molar-refractivity contribution is 5.85. The van der Waals surface area contributed by atoms with Crippen LogP contribution in [-0.4, -0.2) is 34.9 Å². The number of ether oxygens (including phenoxy) is 1. The zero-order valence-electron chi connectivity index (χ0n) is 17.0. The first kappa shape index (κ1) is 19.2. The van der Waals surface area contributed by atoms with E-state index in [1.807, 2.05) is 66.4 Å². The van der Waals surface area contributed by atoms with Gasteiger partial charge in [0.05, 0.1) is 0 Å². The quantitative estimate of drug-likeness (QED) is 0.661. The molecule has 1 unspecified atom stereocenters. The van der Waals surface area contributed by atoms with Crippen LogP contribution >= 0.6 is 0 Å². The van der Waals surface area contributed by atoms with Crippen molar-refractivity contribution in [1.82, 2.24) is 9.88 Å². The summed E-state index contributed by atoms with van der Waals surface area (Å²) < 4.78 is 6.04. The number of anilines is 1. The second kappa shape index (κ2) is 8.52. The van der Waals surface area contributed by atoms with Gasteiger partial charge in [-0.2, -0.15) is 0 Å². The van der Waals surface area contributed by atoms with E-state index in [0.29, 0.717) is 5.92 Å². The molecule has 0 radical (unpaired) electrons. The summed E-state index contributed by atoms with van der Waals surface area (Å²) in [5.41, 5.74) is 1.74. The van der Waals surface area contributed by atoms with Gasteiger partial charge in [-0.25, -0.2) is 0 Å². The lowest BCUT2D eigenvalue weighted by Crippen LogP contribution is -2.45. The van der Waals surface area contributed by atoms with Crippen LogP contribution in [0, 0.1) is 5.92 Å². The van der Waals surface area contributed by atoms with Crippen LogP contribution in [0.1, 0.15) is 26.7 Å². The van der Waals surface area contributed by atoms with Crippen molar-refractivity contribution in [3.63, 3.8) is 0 Å². The molecule has 1 aromatic heterocycles. The lowest BCUT2D eigenvalue weighted by atomic mass is 9.99. The Morgan fingerprint density at radius 3 is 2.59 bits per heavy atom. The highest BCUT2D eigenvalue weighted by atomic mass is 16.5. The third-order valence-electron chi connectivity index (χ3n) is 5.53. The van der Waals surface area contributed by atoms with Gasteiger partial charge < -0.3 is 15.0 Å². The van der Waals surface area contributed by atoms with E-state index >= 15 is 0 Å². The molecule has 1 fully saturated rings. The molecule has 1 atom stereocenters. The van der Waals surface area contributed by atoms with Gasteiger partial charge in [0, 0.05) is 30.4 Å². The number of aromatic nitrogens is 1. The Labute approximate surface area is 171 Å². The van der Waals surface area contributed by atoms with Gasteiger partial charge in [0.1, 0.15) is 17.3 Å². The largest absolute Gasteiger partial charge is 0.455 e. The minimum absolute atomic E-state index is 0.166. The Morgan fingerprint density at radius 1 is 1.10 bits per heavy atom. The predicted octanol–water partition coefficient (Wildman–Crippen LogP) is 5.09. The molecule has 0 bridgehead atoms. The summed E-state index contributed by atoms with van der Waals surface area (Å²) in [5.74, 6) is 2.34. The number of para-hydroxylation sites is 1. The molecule has 2 aromatic carbocycles. The Kier molecular flexibility index (Phi) is 5.65. The number of carbonyl (C=O) groups excluding carboxylic acids is 1. The monoisotopic (exact) mass is 389 g/mol. The molecule has 0 spiro atoms. The summed E-state index contributed by atoms with van der Waals surface area (Å²) >= 11 is 0. The number of likely N-dealkylation sites (tertiary alicyclic amines) is 1. The van der Waals surface area contributed by atoms with E-state index < -0.39 is 0 Å². The number of amides is 1. The van der Waals surface area contributed by atoms with E-state index in [0.717, 1.165) is 54.0 Å². The summed E-state index contributed by atoms with van der Waals surface area (Å²) in [6, 6.07) is 17.3. The standard InChI is InChI=1S/C24H27N3O2/c1-17-12-15-27(16-13-17)24(28)18(2)26-20-8-10-21(11-9-20)29-22-7-3-5-19-6-4-14-25-23(19)22/h3-11,14,17-18,26H,12-13,15-16H2,1-2H3. The number of benzene rings is 2. The van der Waals surface area contributed by atoms with Crippen molar-refractivity contribution < 1.29 is 9.53 Å². The molecule has 29 heavy (non-hydrogen) atoms. The van der Waals surface area contributed by atoms with Crippen molar-refractivity contribution in [2.75, 3.05) is 18.4 Å². The van der Waals surface area contributed by atoms with Gasteiger partial charge in [0.25, 0.3) is 0 Å². The lowest BCUT2D eigenvalue weighted by Gasteiger charge is -2.32. The minimum Gasteiger partial charge on any atom is -0.455 e. The molecule has 150 valence electrons. The first-order chi connectivity index (χ1) is 14.1. The minimum atomic E-state index is -0.252. The molecule has 5 heteroatoms. The van der Waals surface area contributed by atoms with E-state index in [-0.39, 0.29) is 11.9 Å². The maximum atomic E-state index is 12.7. The van der Waals surface area contributed by atoms with Gasteiger partial charge in [-0.1, -0.05) is 25.1 Å². The van der Waals surface area contributed by atoms with Crippen LogP contribution in [0.2, 0.25) is 0 Å². The summed E-state index contributed by atoms with van der Waals surface area (Å²) in [6.45, 7) is 5.89. The average Bonchev–Trinajstić information content (AvgIpc) is 2.75. The molecule has 3 aromatic rings. The highest BCUT2D eigenvalue weighted by Crippen LogP contribution is 2.29. The molecular weight excluding hydrogens is 362 g/mol.